The van der Waals surface area contributed by atoms with Gasteiger partial charge in [0.05, 0.1) is 28.7 Å². The Morgan fingerprint density at radius 2 is 2.10 bits per heavy atom. The third-order valence-electron chi connectivity index (χ3n) is 3.57. The van der Waals surface area contributed by atoms with E-state index in [1.807, 2.05) is 29.4 Å². The topological polar surface area (TPSA) is 55.9 Å². The maximum atomic E-state index is 10.4. The van der Waals surface area contributed by atoms with Gasteiger partial charge in [-0.3, -0.25) is 9.36 Å². The van der Waals surface area contributed by atoms with Gasteiger partial charge < -0.3 is 5.11 Å². The van der Waals surface area contributed by atoms with E-state index in [4.69, 9.17) is 11.6 Å². The molecule has 0 aliphatic rings. The van der Waals surface area contributed by atoms with E-state index in [2.05, 4.69) is 17.1 Å². The fourth-order valence-electron chi connectivity index (χ4n) is 2.42. The zero-order valence-corrected chi connectivity index (χ0v) is 13.6. The average molecular weight is 311 g/mol. The van der Waals surface area contributed by atoms with Crippen molar-refractivity contribution in [2.24, 2.45) is 0 Å². The van der Waals surface area contributed by atoms with Gasteiger partial charge in [-0.2, -0.15) is 10.2 Å². The van der Waals surface area contributed by atoms with Gasteiger partial charge in [0.2, 0.25) is 0 Å². The van der Waals surface area contributed by atoms with Gasteiger partial charge in [0.15, 0.2) is 0 Å². The third-order valence-corrected chi connectivity index (χ3v) is 4.01. The lowest BCUT2D eigenvalue weighted by atomic mass is 10.1. The molecule has 0 radical (unpaired) electrons. The summed E-state index contributed by atoms with van der Waals surface area (Å²) in [7, 11) is 0. The molecule has 2 aromatic heterocycles. The molecular weight excluding hydrogens is 288 g/mol. The first kappa shape index (κ1) is 16.0. The summed E-state index contributed by atoms with van der Waals surface area (Å²) >= 11 is 6.38. The van der Waals surface area contributed by atoms with Crippen LogP contribution >= 0.6 is 11.6 Å². The molecule has 0 saturated heterocycles. The van der Waals surface area contributed by atoms with Crippen molar-refractivity contribution in [3.63, 3.8) is 0 Å². The molecule has 6 heteroatoms. The van der Waals surface area contributed by atoms with Crippen LogP contribution in [0.25, 0.3) is 0 Å². The minimum absolute atomic E-state index is 0.456. The molecule has 0 aliphatic heterocycles. The largest absolute Gasteiger partial charge is 0.388 e. The van der Waals surface area contributed by atoms with Gasteiger partial charge in [-0.1, -0.05) is 25.4 Å². The van der Waals surface area contributed by atoms with Crippen molar-refractivity contribution < 1.29 is 5.11 Å². The lowest BCUT2D eigenvalue weighted by Gasteiger charge is -2.10. The Hall–Kier alpha value is -1.33. The highest BCUT2D eigenvalue weighted by Crippen LogP contribution is 2.26. The zero-order valence-electron chi connectivity index (χ0n) is 12.9. The molecule has 5 nitrogen and oxygen atoms in total. The molecule has 116 valence electrons. The molecule has 0 aromatic carbocycles. The van der Waals surface area contributed by atoms with Gasteiger partial charge in [-0.05, 0) is 19.8 Å². The van der Waals surface area contributed by atoms with Crippen molar-refractivity contribution in [3.8, 4) is 0 Å². The van der Waals surface area contributed by atoms with Crippen molar-refractivity contribution >= 4 is 11.6 Å². The average Bonchev–Trinajstić information content (AvgIpc) is 3.05. The minimum Gasteiger partial charge on any atom is -0.388 e. The highest BCUT2D eigenvalue weighted by atomic mass is 35.5. The van der Waals surface area contributed by atoms with E-state index in [9.17, 15) is 5.11 Å². The maximum absolute atomic E-state index is 10.4. The van der Waals surface area contributed by atoms with Gasteiger partial charge >= 0.3 is 0 Å². The van der Waals surface area contributed by atoms with E-state index in [1.165, 1.54) is 0 Å². The van der Waals surface area contributed by atoms with E-state index in [0.717, 1.165) is 42.9 Å². The van der Waals surface area contributed by atoms with Crippen molar-refractivity contribution in [1.82, 2.24) is 19.6 Å². The molecule has 21 heavy (non-hydrogen) atoms. The van der Waals surface area contributed by atoms with Gasteiger partial charge in [-0.15, -0.1) is 0 Å². The number of hydrogen-bond donors (Lipinski definition) is 1. The highest BCUT2D eigenvalue weighted by Gasteiger charge is 2.19. The monoisotopic (exact) mass is 310 g/mol. The summed E-state index contributed by atoms with van der Waals surface area (Å²) in [5.74, 6) is 0. The summed E-state index contributed by atoms with van der Waals surface area (Å²) in [5, 5.41) is 19.8. The van der Waals surface area contributed by atoms with Crippen molar-refractivity contribution in [2.75, 3.05) is 0 Å². The Morgan fingerprint density at radius 1 is 1.33 bits per heavy atom. The van der Waals surface area contributed by atoms with Crippen LogP contribution in [-0.2, 0) is 25.9 Å². The Kier molecular flexibility index (Phi) is 5.42. The molecule has 0 fully saturated rings. The number of nitrogens with zero attached hydrogens (tertiary/aromatic N) is 4. The van der Waals surface area contributed by atoms with Gasteiger partial charge in [-0.25, -0.2) is 0 Å². The van der Waals surface area contributed by atoms with Crippen LogP contribution in [0.3, 0.4) is 0 Å². The first-order valence-corrected chi connectivity index (χ1v) is 7.92. The number of hydrogen-bond acceptors (Lipinski definition) is 3. The lowest BCUT2D eigenvalue weighted by Crippen LogP contribution is -2.08. The van der Waals surface area contributed by atoms with E-state index in [1.54, 1.807) is 6.20 Å². The predicted molar refractivity (Wildman–Crippen MR) is 83.5 cm³/mol. The summed E-state index contributed by atoms with van der Waals surface area (Å²) in [6.45, 7) is 7.77. The Morgan fingerprint density at radius 3 is 2.71 bits per heavy atom. The van der Waals surface area contributed by atoms with Crippen LogP contribution < -0.4 is 0 Å². The first-order chi connectivity index (χ1) is 10.1. The van der Waals surface area contributed by atoms with Crippen LogP contribution in [0.15, 0.2) is 12.4 Å². The maximum Gasteiger partial charge on any atom is 0.0876 e. The van der Waals surface area contributed by atoms with Gasteiger partial charge in [0.25, 0.3) is 0 Å². The molecule has 0 aliphatic carbocycles. The Labute approximate surface area is 130 Å². The third kappa shape index (κ3) is 3.47. The number of aliphatic hydroxyl groups is 1. The molecule has 2 rings (SSSR count). The van der Waals surface area contributed by atoms with Gasteiger partial charge in [0, 0.05) is 31.3 Å². The molecule has 0 saturated carbocycles. The zero-order chi connectivity index (χ0) is 15.4. The van der Waals surface area contributed by atoms with E-state index in [0.29, 0.717) is 11.4 Å². The van der Waals surface area contributed by atoms with Crippen molar-refractivity contribution in [1.29, 1.82) is 0 Å². The van der Waals surface area contributed by atoms with Crippen LogP contribution in [0.2, 0.25) is 5.02 Å². The molecule has 1 atom stereocenters. The van der Waals surface area contributed by atoms with E-state index >= 15 is 0 Å². The van der Waals surface area contributed by atoms with Crippen LogP contribution in [0.5, 0.6) is 0 Å². The van der Waals surface area contributed by atoms with Crippen molar-refractivity contribution in [2.45, 2.75) is 59.2 Å². The smallest absolute Gasteiger partial charge is 0.0876 e. The predicted octanol–water partition coefficient (Wildman–Crippen LogP) is 3.00. The molecule has 1 unspecified atom stereocenters. The number of rotatable bonds is 7. The number of aliphatic hydroxyl groups excluding tert-OH is 1. The molecule has 2 aromatic rings. The van der Waals surface area contributed by atoms with E-state index in [-0.39, 0.29) is 0 Å². The number of halogens is 1. The molecule has 0 spiro atoms. The molecule has 2 heterocycles. The SMILES string of the molecule is CCCn1cc(C(O)Cc2c(Cl)c(CC)nn2CC)cn1. The quantitative estimate of drug-likeness (QED) is 0.855. The summed E-state index contributed by atoms with van der Waals surface area (Å²) in [6, 6.07) is 0. The fraction of sp³-hybridized carbons (Fsp3) is 0.600. The normalized spacial score (nSPS) is 12.8. The summed E-state index contributed by atoms with van der Waals surface area (Å²) in [4.78, 5) is 0. The summed E-state index contributed by atoms with van der Waals surface area (Å²) in [5.41, 5.74) is 2.61. The Bertz CT molecular complexity index is 591. The van der Waals surface area contributed by atoms with Crippen LogP contribution in [0, 0.1) is 0 Å². The second-order valence-electron chi connectivity index (χ2n) is 5.13. The molecule has 1 N–H and O–H groups in total. The highest BCUT2D eigenvalue weighted by molar-refractivity contribution is 6.31. The molecular formula is C15H23ClN4O. The lowest BCUT2D eigenvalue weighted by molar-refractivity contribution is 0.175. The first-order valence-electron chi connectivity index (χ1n) is 7.55. The number of aryl methyl sites for hydroxylation is 3. The van der Waals surface area contributed by atoms with Gasteiger partial charge in [0.1, 0.15) is 0 Å². The fourth-order valence-corrected chi connectivity index (χ4v) is 2.76. The molecule has 0 bridgehead atoms. The van der Waals surface area contributed by atoms with Crippen LogP contribution in [0.1, 0.15) is 50.2 Å². The second kappa shape index (κ2) is 7.09. The standard InChI is InChI=1S/C15H23ClN4O/c1-4-7-19-10-11(9-17-19)14(21)8-13-15(16)12(5-2)18-20(13)6-3/h9-10,14,21H,4-8H2,1-3H3. The number of aromatic nitrogens is 4. The Balaban J connectivity index is 2.18. The van der Waals surface area contributed by atoms with E-state index < -0.39 is 6.10 Å². The minimum atomic E-state index is -0.611. The summed E-state index contributed by atoms with van der Waals surface area (Å²) in [6.07, 6.45) is 5.28. The second-order valence-corrected chi connectivity index (χ2v) is 5.51. The van der Waals surface area contributed by atoms with Crippen LogP contribution in [-0.4, -0.2) is 24.7 Å². The van der Waals surface area contributed by atoms with Crippen LogP contribution in [0.4, 0.5) is 0 Å². The summed E-state index contributed by atoms with van der Waals surface area (Å²) < 4.78 is 3.73. The molecule has 0 amide bonds. The van der Waals surface area contributed by atoms with Crippen molar-refractivity contribution in [3.05, 3.63) is 34.4 Å².